The third-order valence-electron chi connectivity index (χ3n) is 2.97. The van der Waals surface area contributed by atoms with Gasteiger partial charge in [-0.2, -0.15) is 18.3 Å². The van der Waals surface area contributed by atoms with Crippen LogP contribution in [0.3, 0.4) is 0 Å². The van der Waals surface area contributed by atoms with Gasteiger partial charge in [-0.1, -0.05) is 6.92 Å². The molecule has 1 aliphatic carbocycles. The third kappa shape index (κ3) is 1.75. The summed E-state index contributed by atoms with van der Waals surface area (Å²) in [5, 5.41) is 3.59. The zero-order valence-corrected chi connectivity index (χ0v) is 8.73. The Morgan fingerprint density at radius 2 is 2.07 bits per heavy atom. The summed E-state index contributed by atoms with van der Waals surface area (Å²) in [6.07, 6.45) is -2.29. The Balaban J connectivity index is 2.48. The molecular formula is C10H13F3N2. The predicted molar refractivity (Wildman–Crippen MR) is 49.4 cm³/mol. The van der Waals surface area contributed by atoms with E-state index < -0.39 is 11.9 Å². The fraction of sp³-hybridized carbons (Fsp3) is 0.700. The fourth-order valence-corrected chi connectivity index (χ4v) is 2.17. The van der Waals surface area contributed by atoms with Crippen molar-refractivity contribution in [3.63, 3.8) is 0 Å². The van der Waals surface area contributed by atoms with E-state index in [1.807, 2.05) is 0 Å². The molecule has 2 nitrogen and oxygen atoms in total. The van der Waals surface area contributed by atoms with Gasteiger partial charge in [-0.25, -0.2) is 0 Å². The van der Waals surface area contributed by atoms with Crippen LogP contribution in [-0.2, 0) is 26.1 Å². The smallest absolute Gasteiger partial charge is 0.272 e. The highest BCUT2D eigenvalue weighted by atomic mass is 19.4. The molecule has 84 valence electrons. The molecule has 1 aromatic rings. The van der Waals surface area contributed by atoms with Crippen LogP contribution in [0.1, 0.15) is 30.3 Å². The molecule has 5 heteroatoms. The first-order valence-corrected chi connectivity index (χ1v) is 5.01. The molecule has 0 aromatic carbocycles. The number of aryl methyl sites for hydroxylation is 1. The van der Waals surface area contributed by atoms with Crippen LogP contribution in [0.25, 0.3) is 0 Å². The third-order valence-corrected chi connectivity index (χ3v) is 2.97. The Bertz CT molecular complexity index is 379. The van der Waals surface area contributed by atoms with Crippen LogP contribution < -0.4 is 0 Å². The zero-order valence-electron chi connectivity index (χ0n) is 8.73. The molecule has 1 aromatic heterocycles. The Morgan fingerprint density at radius 1 is 1.40 bits per heavy atom. The minimum atomic E-state index is -4.31. The van der Waals surface area contributed by atoms with E-state index in [4.69, 9.17) is 0 Å². The first-order valence-electron chi connectivity index (χ1n) is 5.01. The number of halogens is 3. The van der Waals surface area contributed by atoms with E-state index in [9.17, 15) is 13.2 Å². The second kappa shape index (κ2) is 3.25. The van der Waals surface area contributed by atoms with Crippen molar-refractivity contribution in [1.82, 2.24) is 9.78 Å². The van der Waals surface area contributed by atoms with E-state index in [1.165, 1.54) is 4.68 Å². The van der Waals surface area contributed by atoms with Crippen molar-refractivity contribution >= 4 is 0 Å². The number of alkyl halides is 3. The number of rotatable bonds is 0. The highest BCUT2D eigenvalue weighted by Crippen LogP contribution is 2.36. The first kappa shape index (κ1) is 10.5. The maximum Gasteiger partial charge on any atom is 0.435 e. The highest BCUT2D eigenvalue weighted by molar-refractivity contribution is 5.30. The maximum absolute atomic E-state index is 12.6. The van der Waals surface area contributed by atoms with E-state index in [2.05, 4.69) is 12.0 Å². The molecule has 15 heavy (non-hydrogen) atoms. The first-order chi connectivity index (χ1) is 6.89. The zero-order chi connectivity index (χ0) is 11.2. The second-order valence-corrected chi connectivity index (χ2v) is 4.24. The van der Waals surface area contributed by atoms with Gasteiger partial charge in [0.05, 0.1) is 0 Å². The normalized spacial score (nSPS) is 21.5. The van der Waals surface area contributed by atoms with Crippen LogP contribution in [0.15, 0.2) is 0 Å². The van der Waals surface area contributed by atoms with Gasteiger partial charge in [0, 0.05) is 18.3 Å². The molecule has 1 unspecified atom stereocenters. The average Bonchev–Trinajstić information content (AvgIpc) is 2.43. The Morgan fingerprint density at radius 3 is 2.67 bits per heavy atom. The summed E-state index contributed by atoms with van der Waals surface area (Å²) in [5.74, 6) is 0.453. The fourth-order valence-electron chi connectivity index (χ4n) is 2.17. The van der Waals surface area contributed by atoms with Crippen LogP contribution in [0.2, 0.25) is 0 Å². The van der Waals surface area contributed by atoms with Gasteiger partial charge < -0.3 is 0 Å². The number of nitrogens with zero attached hydrogens (tertiary/aromatic N) is 2. The van der Waals surface area contributed by atoms with E-state index in [1.54, 1.807) is 7.05 Å². The lowest BCUT2D eigenvalue weighted by Crippen LogP contribution is -2.15. The van der Waals surface area contributed by atoms with E-state index >= 15 is 0 Å². The van der Waals surface area contributed by atoms with Crippen LogP contribution >= 0.6 is 0 Å². The van der Waals surface area contributed by atoms with Crippen molar-refractivity contribution in [2.24, 2.45) is 13.0 Å². The molecule has 1 heterocycles. The van der Waals surface area contributed by atoms with Gasteiger partial charge in [0.2, 0.25) is 0 Å². The molecule has 0 spiro atoms. The molecule has 0 N–H and O–H groups in total. The standard InChI is InChI=1S/C10H13F3N2/c1-6-3-4-7-8(5-6)15(2)14-9(7)10(11,12)13/h6H,3-5H2,1-2H3. The molecule has 0 radical (unpaired) electrons. The van der Waals surface area contributed by atoms with Gasteiger partial charge >= 0.3 is 6.18 Å². The lowest BCUT2D eigenvalue weighted by molar-refractivity contribution is -0.142. The van der Waals surface area contributed by atoms with Crippen molar-refractivity contribution in [3.05, 3.63) is 17.0 Å². The van der Waals surface area contributed by atoms with Crippen LogP contribution in [-0.4, -0.2) is 9.78 Å². The lowest BCUT2D eigenvalue weighted by atomic mass is 9.88. The van der Waals surface area contributed by atoms with E-state index in [-0.39, 0.29) is 0 Å². The van der Waals surface area contributed by atoms with Gasteiger partial charge in [0.1, 0.15) is 0 Å². The molecule has 0 aliphatic heterocycles. The largest absolute Gasteiger partial charge is 0.435 e. The SMILES string of the molecule is CC1CCc2c(C(F)(F)F)nn(C)c2C1. The minimum Gasteiger partial charge on any atom is -0.272 e. The maximum atomic E-state index is 12.6. The van der Waals surface area contributed by atoms with Gasteiger partial charge in [-0.3, -0.25) is 4.68 Å². The molecule has 2 rings (SSSR count). The molecule has 1 atom stereocenters. The quantitative estimate of drug-likeness (QED) is 0.654. The topological polar surface area (TPSA) is 17.8 Å². The average molecular weight is 218 g/mol. The number of fused-ring (bicyclic) bond motifs is 1. The Kier molecular flexibility index (Phi) is 2.28. The van der Waals surface area contributed by atoms with Crippen molar-refractivity contribution in [2.45, 2.75) is 32.4 Å². The molecule has 0 bridgehead atoms. The van der Waals surface area contributed by atoms with Gasteiger partial charge in [0.25, 0.3) is 0 Å². The van der Waals surface area contributed by atoms with Crippen molar-refractivity contribution in [1.29, 1.82) is 0 Å². The molecule has 0 saturated heterocycles. The van der Waals surface area contributed by atoms with Gasteiger partial charge in [0.15, 0.2) is 5.69 Å². The van der Waals surface area contributed by atoms with Crippen molar-refractivity contribution < 1.29 is 13.2 Å². The number of hydrogen-bond acceptors (Lipinski definition) is 1. The summed E-state index contributed by atoms with van der Waals surface area (Å²) in [4.78, 5) is 0. The summed E-state index contributed by atoms with van der Waals surface area (Å²) in [7, 11) is 1.59. The molecule has 0 saturated carbocycles. The van der Waals surface area contributed by atoms with Crippen LogP contribution in [0.4, 0.5) is 13.2 Å². The van der Waals surface area contributed by atoms with E-state index in [0.29, 0.717) is 24.3 Å². The Labute approximate surface area is 86.1 Å². The number of aromatic nitrogens is 2. The van der Waals surface area contributed by atoms with Gasteiger partial charge in [-0.05, 0) is 25.2 Å². The second-order valence-electron chi connectivity index (χ2n) is 4.24. The molecular weight excluding hydrogens is 205 g/mol. The summed E-state index contributed by atoms with van der Waals surface area (Å²) in [5.41, 5.74) is 0.469. The number of hydrogen-bond donors (Lipinski definition) is 0. The Hall–Kier alpha value is -1.00. The van der Waals surface area contributed by atoms with Crippen molar-refractivity contribution in [3.8, 4) is 0 Å². The summed E-state index contributed by atoms with van der Waals surface area (Å²) < 4.78 is 39.2. The monoisotopic (exact) mass is 218 g/mol. The molecule has 1 aliphatic rings. The summed E-state index contributed by atoms with van der Waals surface area (Å²) in [6.45, 7) is 2.06. The highest BCUT2D eigenvalue weighted by Gasteiger charge is 2.39. The van der Waals surface area contributed by atoms with Crippen LogP contribution in [0, 0.1) is 5.92 Å². The van der Waals surface area contributed by atoms with Crippen molar-refractivity contribution in [2.75, 3.05) is 0 Å². The molecule has 0 fully saturated rings. The lowest BCUT2D eigenvalue weighted by Gasteiger charge is -2.19. The summed E-state index contributed by atoms with van der Waals surface area (Å²) >= 11 is 0. The minimum absolute atomic E-state index is 0.406. The van der Waals surface area contributed by atoms with Crippen LogP contribution in [0.5, 0.6) is 0 Å². The molecule has 0 amide bonds. The summed E-state index contributed by atoms with van der Waals surface area (Å²) in [6, 6.07) is 0. The predicted octanol–water partition coefficient (Wildman–Crippen LogP) is 2.56. The van der Waals surface area contributed by atoms with E-state index in [0.717, 1.165) is 12.1 Å². The van der Waals surface area contributed by atoms with Gasteiger partial charge in [-0.15, -0.1) is 0 Å².